The monoisotopic (exact) mass is 317 g/mol. The molecule has 13 heavy (non-hydrogen) atoms. The van der Waals surface area contributed by atoms with Gasteiger partial charge < -0.3 is 0 Å². The highest BCUT2D eigenvalue weighted by Gasteiger charge is 2.17. The third kappa shape index (κ3) is 2.28. The van der Waals surface area contributed by atoms with Crippen LogP contribution in [0.2, 0.25) is 0 Å². The molecule has 0 bridgehead atoms. The van der Waals surface area contributed by atoms with E-state index in [0.717, 1.165) is 9.13 Å². The van der Waals surface area contributed by atoms with Crippen LogP contribution in [0.5, 0.6) is 0 Å². The predicted molar refractivity (Wildman–Crippen MR) is 56.2 cm³/mol. The maximum atomic E-state index is 12.4. The number of aromatic nitrogens is 1. The average Bonchev–Trinajstić information content (AvgIpc) is 2.09. The van der Waals surface area contributed by atoms with E-state index in [1.807, 2.05) is 29.5 Å². The molecule has 1 aromatic rings. The topological polar surface area (TPSA) is 12.9 Å². The van der Waals surface area contributed by atoms with Crippen molar-refractivity contribution in [3.8, 4) is 0 Å². The molecule has 0 N–H and O–H groups in total. The number of nitrogens with zero attached hydrogens (tertiary/aromatic N) is 1. The third-order valence-corrected chi connectivity index (χ3v) is 3.43. The van der Waals surface area contributed by atoms with Gasteiger partial charge >= 0.3 is 0 Å². The van der Waals surface area contributed by atoms with E-state index in [-0.39, 0.29) is 11.6 Å². The number of halogens is 4. The first kappa shape index (κ1) is 11.1. The third-order valence-electron chi connectivity index (χ3n) is 1.66. The number of pyridine rings is 1. The lowest BCUT2D eigenvalue weighted by Gasteiger charge is -2.09. The Bertz CT molecular complexity index is 317. The molecule has 0 aliphatic carbocycles. The quantitative estimate of drug-likeness (QED) is 0.599. The van der Waals surface area contributed by atoms with Gasteiger partial charge in [0.1, 0.15) is 5.69 Å². The van der Waals surface area contributed by atoms with Crippen LogP contribution in [0, 0.1) is 10.5 Å². The summed E-state index contributed by atoms with van der Waals surface area (Å²) >= 11 is 7.58. The van der Waals surface area contributed by atoms with Gasteiger partial charge in [0.2, 0.25) is 0 Å². The van der Waals surface area contributed by atoms with Crippen LogP contribution in [-0.2, 0) is 5.88 Å². The number of rotatable bonds is 2. The minimum absolute atomic E-state index is 0.0760. The lowest BCUT2D eigenvalue weighted by Crippen LogP contribution is -2.01. The van der Waals surface area contributed by atoms with Crippen LogP contribution in [-0.4, -0.2) is 4.98 Å². The molecule has 1 nitrogen and oxygen atoms in total. The van der Waals surface area contributed by atoms with Gasteiger partial charge in [0.05, 0.1) is 5.88 Å². The molecule has 0 saturated carbocycles. The van der Waals surface area contributed by atoms with Gasteiger partial charge in [0.25, 0.3) is 6.43 Å². The highest BCUT2D eigenvalue weighted by molar-refractivity contribution is 14.1. The molecule has 1 heterocycles. The van der Waals surface area contributed by atoms with Crippen LogP contribution < -0.4 is 0 Å². The second-order valence-corrected chi connectivity index (χ2v) is 3.90. The first-order valence-electron chi connectivity index (χ1n) is 3.56. The van der Waals surface area contributed by atoms with Crippen molar-refractivity contribution in [3.05, 3.63) is 26.6 Å². The van der Waals surface area contributed by atoms with Crippen molar-refractivity contribution in [2.75, 3.05) is 0 Å². The largest absolute Gasteiger partial charge is 0.280 e. The Morgan fingerprint density at radius 1 is 1.62 bits per heavy atom. The van der Waals surface area contributed by atoms with Gasteiger partial charge in [-0.1, -0.05) is 0 Å². The molecule has 0 spiro atoms. The Kier molecular flexibility index (Phi) is 3.85. The van der Waals surface area contributed by atoms with E-state index in [4.69, 9.17) is 11.6 Å². The summed E-state index contributed by atoms with van der Waals surface area (Å²) in [4.78, 5) is 3.67. The van der Waals surface area contributed by atoms with Gasteiger partial charge in [-0.05, 0) is 35.1 Å². The molecule has 0 atom stereocenters. The van der Waals surface area contributed by atoms with E-state index in [2.05, 4.69) is 4.98 Å². The van der Waals surface area contributed by atoms with E-state index < -0.39 is 6.43 Å². The van der Waals surface area contributed by atoms with Gasteiger partial charge in [-0.15, -0.1) is 11.6 Å². The minimum atomic E-state index is -2.55. The fourth-order valence-electron chi connectivity index (χ4n) is 0.967. The SMILES string of the molecule is Cc1cnc(C(F)F)c(CCl)c1I. The van der Waals surface area contributed by atoms with Crippen LogP contribution in [0.1, 0.15) is 23.2 Å². The number of hydrogen-bond acceptors (Lipinski definition) is 1. The first-order valence-corrected chi connectivity index (χ1v) is 5.17. The predicted octanol–water partition coefficient (Wildman–Crippen LogP) is 3.67. The minimum Gasteiger partial charge on any atom is -0.255 e. The lowest BCUT2D eigenvalue weighted by atomic mass is 10.2. The number of aryl methyl sites for hydroxylation is 1. The molecule has 0 saturated heterocycles. The summed E-state index contributed by atoms with van der Waals surface area (Å²) in [7, 11) is 0. The summed E-state index contributed by atoms with van der Waals surface area (Å²) in [6.07, 6.45) is -1.11. The maximum absolute atomic E-state index is 12.4. The van der Waals surface area contributed by atoms with Gasteiger partial charge in [0, 0.05) is 15.3 Å². The molecule has 0 radical (unpaired) electrons. The molecule has 0 unspecified atom stereocenters. The molecule has 1 rings (SSSR count). The number of hydrogen-bond donors (Lipinski definition) is 0. The lowest BCUT2D eigenvalue weighted by molar-refractivity contribution is 0.145. The molecule has 0 aromatic carbocycles. The summed E-state index contributed by atoms with van der Waals surface area (Å²) in [5.41, 5.74) is 1.11. The Labute approximate surface area is 93.6 Å². The second kappa shape index (κ2) is 4.50. The Balaban J connectivity index is 3.30. The zero-order valence-electron chi connectivity index (χ0n) is 6.82. The van der Waals surface area contributed by atoms with Crippen molar-refractivity contribution in [2.45, 2.75) is 19.2 Å². The van der Waals surface area contributed by atoms with Gasteiger partial charge in [-0.3, -0.25) is 4.98 Å². The van der Waals surface area contributed by atoms with E-state index in [0.29, 0.717) is 5.56 Å². The average molecular weight is 318 g/mol. The normalized spacial score (nSPS) is 10.9. The zero-order valence-corrected chi connectivity index (χ0v) is 9.73. The van der Waals surface area contributed by atoms with Crippen LogP contribution >= 0.6 is 34.2 Å². The van der Waals surface area contributed by atoms with Gasteiger partial charge in [0.15, 0.2) is 0 Å². The summed E-state index contributed by atoms with van der Waals surface area (Å²) in [6.45, 7) is 1.82. The molecule has 72 valence electrons. The van der Waals surface area contributed by atoms with E-state index in [1.54, 1.807) is 0 Å². The van der Waals surface area contributed by atoms with Gasteiger partial charge in [-0.2, -0.15) is 0 Å². The van der Waals surface area contributed by atoms with Crippen molar-refractivity contribution in [1.82, 2.24) is 4.98 Å². The molecular weight excluding hydrogens is 310 g/mol. The van der Waals surface area contributed by atoms with Crippen molar-refractivity contribution >= 4 is 34.2 Å². The van der Waals surface area contributed by atoms with Crippen molar-refractivity contribution < 1.29 is 8.78 Å². The first-order chi connectivity index (χ1) is 6.07. The summed E-state index contributed by atoms with van der Waals surface area (Å²) < 4.78 is 25.6. The molecule has 0 amide bonds. The summed E-state index contributed by atoms with van der Waals surface area (Å²) in [6, 6.07) is 0. The molecular formula is C8H7ClF2IN. The van der Waals surface area contributed by atoms with Crippen molar-refractivity contribution in [3.63, 3.8) is 0 Å². The molecule has 0 aliphatic heterocycles. The Morgan fingerprint density at radius 3 is 2.69 bits per heavy atom. The Hall–Kier alpha value is 0.0300. The highest BCUT2D eigenvalue weighted by atomic mass is 127. The fourth-order valence-corrected chi connectivity index (χ4v) is 2.07. The molecule has 5 heteroatoms. The Morgan fingerprint density at radius 2 is 2.23 bits per heavy atom. The van der Waals surface area contributed by atoms with E-state index in [1.165, 1.54) is 6.20 Å². The fraction of sp³-hybridized carbons (Fsp3) is 0.375. The zero-order chi connectivity index (χ0) is 10.0. The van der Waals surface area contributed by atoms with Crippen LogP contribution in [0.3, 0.4) is 0 Å². The van der Waals surface area contributed by atoms with Crippen LogP contribution in [0.4, 0.5) is 8.78 Å². The maximum Gasteiger partial charge on any atom is 0.280 e. The van der Waals surface area contributed by atoms with E-state index in [9.17, 15) is 8.78 Å². The van der Waals surface area contributed by atoms with Crippen molar-refractivity contribution in [1.29, 1.82) is 0 Å². The summed E-state index contributed by atoms with van der Waals surface area (Å²) in [5, 5.41) is 0. The standard InChI is InChI=1S/C8H7ClF2IN/c1-4-3-13-7(8(10)11)5(2-9)6(4)12/h3,8H,2H2,1H3. The second-order valence-electron chi connectivity index (χ2n) is 2.55. The smallest absolute Gasteiger partial charge is 0.255 e. The van der Waals surface area contributed by atoms with E-state index >= 15 is 0 Å². The molecule has 0 fully saturated rings. The molecule has 0 aliphatic rings. The van der Waals surface area contributed by atoms with Crippen LogP contribution in [0.25, 0.3) is 0 Å². The molecule has 1 aromatic heterocycles. The van der Waals surface area contributed by atoms with Gasteiger partial charge in [-0.25, -0.2) is 8.78 Å². The number of alkyl halides is 3. The summed E-state index contributed by atoms with van der Waals surface area (Å²) in [5.74, 6) is 0.0760. The van der Waals surface area contributed by atoms with Crippen molar-refractivity contribution in [2.24, 2.45) is 0 Å². The highest BCUT2D eigenvalue weighted by Crippen LogP contribution is 2.27. The van der Waals surface area contributed by atoms with Crippen LogP contribution in [0.15, 0.2) is 6.20 Å².